The normalized spacial score (nSPS) is 17.4. The van der Waals surface area contributed by atoms with Gasteiger partial charge in [-0.3, -0.25) is 4.79 Å². The van der Waals surface area contributed by atoms with Crippen LogP contribution in [0.2, 0.25) is 0 Å². The van der Waals surface area contributed by atoms with Crippen LogP contribution in [0.1, 0.15) is 27.4 Å². The van der Waals surface area contributed by atoms with Gasteiger partial charge in [-0.05, 0) is 42.0 Å². The van der Waals surface area contributed by atoms with Crippen molar-refractivity contribution in [3.05, 3.63) is 106 Å². The maximum Gasteiger partial charge on any atom is 0.344 e. The van der Waals surface area contributed by atoms with Gasteiger partial charge < -0.3 is 13.9 Å². The molecule has 0 saturated carbocycles. The highest BCUT2D eigenvalue weighted by molar-refractivity contribution is 6.02. The third-order valence-electron chi connectivity index (χ3n) is 5.45. The maximum atomic E-state index is 13.4. The molecule has 1 aliphatic rings. The van der Waals surface area contributed by atoms with E-state index in [9.17, 15) is 9.59 Å². The van der Waals surface area contributed by atoms with Crippen molar-refractivity contribution >= 4 is 16.8 Å². The van der Waals surface area contributed by atoms with Crippen LogP contribution in [-0.2, 0) is 0 Å². The standard InChI is InChI=1S/C25H18O5/c1-28-17-13-11-16(12-14-17)22(26)24-20(15-7-3-2-4-8-15)21-23(30-24)18-9-5-6-10-19(18)29-25(21)27/h2-14,20,24H,1H3/t20-,24-/m0/s1. The molecule has 0 aliphatic carbocycles. The summed E-state index contributed by atoms with van der Waals surface area (Å²) < 4.78 is 16.9. The van der Waals surface area contributed by atoms with Gasteiger partial charge in [0.05, 0.1) is 24.0 Å². The van der Waals surface area contributed by atoms with Crippen LogP contribution in [0, 0.1) is 0 Å². The molecule has 148 valence electrons. The molecule has 0 N–H and O–H groups in total. The molecule has 0 amide bonds. The number of carbonyl (C=O) groups excluding carboxylic acids is 1. The van der Waals surface area contributed by atoms with Gasteiger partial charge in [-0.25, -0.2) is 4.79 Å². The number of hydrogen-bond donors (Lipinski definition) is 0. The molecular formula is C25H18O5. The zero-order valence-electron chi connectivity index (χ0n) is 16.2. The van der Waals surface area contributed by atoms with Crippen LogP contribution >= 0.6 is 0 Å². The number of ether oxygens (including phenoxy) is 2. The third kappa shape index (κ3) is 2.87. The van der Waals surface area contributed by atoms with Crippen LogP contribution in [0.15, 0.2) is 88.1 Å². The number of hydrogen-bond acceptors (Lipinski definition) is 5. The molecule has 5 heteroatoms. The largest absolute Gasteiger partial charge is 0.497 e. The van der Waals surface area contributed by atoms with E-state index in [0.29, 0.717) is 33.6 Å². The summed E-state index contributed by atoms with van der Waals surface area (Å²) in [7, 11) is 1.57. The van der Waals surface area contributed by atoms with E-state index in [1.54, 1.807) is 43.5 Å². The molecule has 30 heavy (non-hydrogen) atoms. The van der Waals surface area contributed by atoms with Crippen molar-refractivity contribution in [3.8, 4) is 11.5 Å². The number of ketones is 1. The van der Waals surface area contributed by atoms with Crippen molar-refractivity contribution in [2.75, 3.05) is 7.11 Å². The number of Topliss-reactive ketones (excluding diaryl/α,β-unsaturated/α-hetero) is 1. The molecule has 1 aromatic heterocycles. The lowest BCUT2D eigenvalue weighted by Crippen LogP contribution is -2.31. The Balaban J connectivity index is 1.68. The lowest BCUT2D eigenvalue weighted by atomic mass is 9.85. The van der Waals surface area contributed by atoms with Gasteiger partial charge in [-0.2, -0.15) is 0 Å². The summed E-state index contributed by atoms with van der Waals surface area (Å²) in [6, 6.07) is 23.5. The predicted molar refractivity (Wildman–Crippen MR) is 113 cm³/mol. The van der Waals surface area contributed by atoms with Gasteiger partial charge >= 0.3 is 5.63 Å². The second kappa shape index (κ2) is 7.19. The monoisotopic (exact) mass is 398 g/mol. The fourth-order valence-electron chi connectivity index (χ4n) is 4.00. The van der Waals surface area contributed by atoms with E-state index in [0.717, 1.165) is 5.56 Å². The minimum atomic E-state index is -0.871. The molecule has 0 saturated heterocycles. The smallest absolute Gasteiger partial charge is 0.344 e. The highest BCUT2D eigenvalue weighted by Crippen LogP contribution is 2.45. The topological polar surface area (TPSA) is 65.7 Å². The van der Waals surface area contributed by atoms with Crippen molar-refractivity contribution in [1.29, 1.82) is 0 Å². The first-order chi connectivity index (χ1) is 14.7. The second-order valence-electron chi connectivity index (χ2n) is 7.15. The predicted octanol–water partition coefficient (Wildman–Crippen LogP) is 4.58. The Morgan fingerprint density at radius 2 is 1.60 bits per heavy atom. The van der Waals surface area contributed by atoms with Gasteiger partial charge in [0.2, 0.25) is 5.78 Å². The van der Waals surface area contributed by atoms with Crippen molar-refractivity contribution in [1.82, 2.24) is 0 Å². The van der Waals surface area contributed by atoms with E-state index in [2.05, 4.69) is 0 Å². The molecule has 1 aliphatic heterocycles. The first-order valence-corrected chi connectivity index (χ1v) is 9.63. The van der Waals surface area contributed by atoms with Gasteiger partial charge in [-0.1, -0.05) is 42.5 Å². The third-order valence-corrected chi connectivity index (χ3v) is 5.45. The van der Waals surface area contributed by atoms with Crippen LogP contribution < -0.4 is 15.1 Å². The van der Waals surface area contributed by atoms with Gasteiger partial charge in [0.25, 0.3) is 0 Å². The Bertz CT molecular complexity index is 1290. The van der Waals surface area contributed by atoms with Gasteiger partial charge in [0.1, 0.15) is 17.1 Å². The SMILES string of the molecule is COc1ccc(C(=O)[C@H]2Oc3c(c(=O)oc4ccccc34)[C@@H]2c2ccccc2)cc1. The highest BCUT2D eigenvalue weighted by atomic mass is 16.5. The average molecular weight is 398 g/mol. The molecule has 2 atom stereocenters. The minimum absolute atomic E-state index is 0.203. The van der Waals surface area contributed by atoms with E-state index in [1.165, 1.54) is 0 Å². The molecule has 0 radical (unpaired) electrons. The van der Waals surface area contributed by atoms with Crippen molar-refractivity contribution in [2.45, 2.75) is 12.0 Å². The Kier molecular flexibility index (Phi) is 4.36. The van der Waals surface area contributed by atoms with Crippen LogP contribution in [0.5, 0.6) is 11.5 Å². The maximum absolute atomic E-state index is 13.4. The van der Waals surface area contributed by atoms with E-state index in [4.69, 9.17) is 13.9 Å². The Labute approximate surface area is 172 Å². The molecular weight excluding hydrogens is 380 g/mol. The Morgan fingerprint density at radius 3 is 2.33 bits per heavy atom. The van der Waals surface area contributed by atoms with E-state index in [1.807, 2.05) is 42.5 Å². The zero-order valence-corrected chi connectivity index (χ0v) is 16.2. The Morgan fingerprint density at radius 1 is 0.900 bits per heavy atom. The van der Waals surface area contributed by atoms with E-state index >= 15 is 0 Å². The number of fused-ring (bicyclic) bond motifs is 3. The van der Waals surface area contributed by atoms with Gasteiger partial charge in [0.15, 0.2) is 6.10 Å². The van der Waals surface area contributed by atoms with E-state index in [-0.39, 0.29) is 5.78 Å². The summed E-state index contributed by atoms with van der Waals surface area (Å²) in [5, 5.41) is 0.679. The first-order valence-electron chi connectivity index (χ1n) is 9.63. The van der Waals surface area contributed by atoms with Crippen molar-refractivity contribution < 1.29 is 18.7 Å². The van der Waals surface area contributed by atoms with Gasteiger partial charge in [-0.15, -0.1) is 0 Å². The van der Waals surface area contributed by atoms with Crippen LogP contribution in [0.4, 0.5) is 0 Å². The summed E-state index contributed by atoms with van der Waals surface area (Å²) in [6.07, 6.45) is -0.871. The summed E-state index contributed by atoms with van der Waals surface area (Å²) in [4.78, 5) is 26.4. The molecule has 0 unspecified atom stereocenters. The van der Waals surface area contributed by atoms with Crippen molar-refractivity contribution in [2.24, 2.45) is 0 Å². The summed E-state index contributed by atoms with van der Waals surface area (Å²) in [6.45, 7) is 0. The summed E-state index contributed by atoms with van der Waals surface area (Å²) >= 11 is 0. The second-order valence-corrected chi connectivity index (χ2v) is 7.15. The number of benzene rings is 3. The quantitative estimate of drug-likeness (QED) is 0.372. The average Bonchev–Trinajstić information content (AvgIpc) is 3.21. The molecule has 0 bridgehead atoms. The number of rotatable bonds is 4. The Hall–Kier alpha value is -3.86. The molecule has 5 nitrogen and oxygen atoms in total. The molecule has 2 heterocycles. The van der Waals surface area contributed by atoms with Crippen LogP contribution in [0.3, 0.4) is 0 Å². The lowest BCUT2D eigenvalue weighted by molar-refractivity contribution is 0.0808. The number of para-hydroxylation sites is 1. The van der Waals surface area contributed by atoms with E-state index < -0.39 is 17.6 Å². The summed E-state index contributed by atoms with van der Waals surface area (Å²) in [5.41, 5.74) is 1.65. The zero-order chi connectivity index (χ0) is 20.7. The molecule has 4 aromatic rings. The number of methoxy groups -OCH3 is 1. The van der Waals surface area contributed by atoms with Crippen LogP contribution in [-0.4, -0.2) is 19.0 Å². The molecule has 3 aromatic carbocycles. The lowest BCUT2D eigenvalue weighted by Gasteiger charge is -2.18. The fraction of sp³-hybridized carbons (Fsp3) is 0.120. The molecule has 0 fully saturated rings. The van der Waals surface area contributed by atoms with Crippen molar-refractivity contribution in [3.63, 3.8) is 0 Å². The molecule has 0 spiro atoms. The minimum Gasteiger partial charge on any atom is -0.497 e. The highest BCUT2D eigenvalue weighted by Gasteiger charge is 2.44. The van der Waals surface area contributed by atoms with Gasteiger partial charge in [0, 0.05) is 5.56 Å². The first kappa shape index (κ1) is 18.2. The number of carbonyl (C=O) groups is 1. The van der Waals surface area contributed by atoms with Crippen LogP contribution in [0.25, 0.3) is 11.0 Å². The fourth-order valence-corrected chi connectivity index (χ4v) is 4.00. The molecule has 5 rings (SSSR count). The summed E-state index contributed by atoms with van der Waals surface area (Å²) in [5.74, 6) is 0.318.